The number of esters is 1. The Kier molecular flexibility index (Phi) is 15.0. The molecule has 0 radical (unpaired) electrons. The fourth-order valence-electron chi connectivity index (χ4n) is 0.714. The SMILES string of the molecule is C1CCOC1.CC(C)O.CCOC(C)=O. The first-order chi connectivity index (χ1) is 7.00. The molecule has 1 N–H and O–H groups in total. The molecule has 1 heterocycles. The lowest BCUT2D eigenvalue weighted by Gasteiger charge is -1.89. The number of hydrogen-bond donors (Lipinski definition) is 1. The molecule has 1 aliphatic heterocycles. The summed E-state index contributed by atoms with van der Waals surface area (Å²) in [6, 6.07) is 0. The van der Waals surface area contributed by atoms with Crippen molar-refractivity contribution in [2.24, 2.45) is 0 Å². The minimum atomic E-state index is -0.211. The maximum absolute atomic E-state index is 9.82. The minimum absolute atomic E-state index is 0.167. The van der Waals surface area contributed by atoms with E-state index in [0.29, 0.717) is 6.61 Å². The first-order valence-electron chi connectivity index (χ1n) is 5.39. The van der Waals surface area contributed by atoms with Crippen LogP contribution in [0.25, 0.3) is 0 Å². The molecule has 92 valence electrons. The van der Waals surface area contributed by atoms with E-state index in [1.165, 1.54) is 19.8 Å². The van der Waals surface area contributed by atoms with Crippen molar-refractivity contribution in [3.05, 3.63) is 0 Å². The van der Waals surface area contributed by atoms with Gasteiger partial charge in [0, 0.05) is 26.2 Å². The Morgan fingerprint density at radius 2 is 1.80 bits per heavy atom. The fourth-order valence-corrected chi connectivity index (χ4v) is 0.714. The van der Waals surface area contributed by atoms with Gasteiger partial charge in [0.1, 0.15) is 0 Å². The van der Waals surface area contributed by atoms with Crippen molar-refractivity contribution in [2.75, 3.05) is 19.8 Å². The molecule has 0 atom stereocenters. The quantitative estimate of drug-likeness (QED) is 0.684. The molecule has 1 fully saturated rings. The van der Waals surface area contributed by atoms with E-state index >= 15 is 0 Å². The second kappa shape index (κ2) is 13.4. The van der Waals surface area contributed by atoms with E-state index in [2.05, 4.69) is 4.74 Å². The lowest BCUT2D eigenvalue weighted by Crippen LogP contribution is -1.95. The van der Waals surface area contributed by atoms with E-state index in [1.807, 2.05) is 0 Å². The summed E-state index contributed by atoms with van der Waals surface area (Å²) in [5, 5.41) is 8.06. The molecule has 0 spiro atoms. The number of aliphatic hydroxyl groups is 1. The molecule has 1 saturated heterocycles. The standard InChI is InChI=1S/C4H8O2.C4H8O.C3H8O/c1-3-6-4(2)5;1-2-4-5-3-1;1-3(2)4/h3H2,1-2H3;1-4H2;3-4H,1-2H3. The summed E-state index contributed by atoms with van der Waals surface area (Å²) in [7, 11) is 0. The summed E-state index contributed by atoms with van der Waals surface area (Å²) in [6.45, 7) is 9.10. The maximum Gasteiger partial charge on any atom is 0.302 e. The minimum Gasteiger partial charge on any atom is -0.466 e. The molecule has 1 rings (SSSR count). The van der Waals surface area contributed by atoms with Crippen LogP contribution in [0.3, 0.4) is 0 Å². The zero-order valence-electron chi connectivity index (χ0n) is 10.3. The van der Waals surface area contributed by atoms with Crippen LogP contribution in [0.5, 0.6) is 0 Å². The van der Waals surface area contributed by atoms with E-state index in [0.717, 1.165) is 13.2 Å². The van der Waals surface area contributed by atoms with Gasteiger partial charge in [0.25, 0.3) is 0 Å². The summed E-state index contributed by atoms with van der Waals surface area (Å²) in [6.07, 6.45) is 2.39. The van der Waals surface area contributed by atoms with Crippen molar-refractivity contribution in [3.8, 4) is 0 Å². The third-order valence-electron chi connectivity index (χ3n) is 1.17. The second-order valence-electron chi connectivity index (χ2n) is 3.34. The molecular weight excluding hydrogens is 196 g/mol. The summed E-state index contributed by atoms with van der Waals surface area (Å²) in [5.74, 6) is -0.211. The predicted molar refractivity (Wildman–Crippen MR) is 59.7 cm³/mol. The highest BCUT2D eigenvalue weighted by atomic mass is 16.5. The van der Waals surface area contributed by atoms with Gasteiger partial charge in [-0.05, 0) is 33.6 Å². The van der Waals surface area contributed by atoms with Crippen molar-refractivity contribution in [2.45, 2.75) is 46.6 Å². The molecule has 0 saturated carbocycles. The summed E-state index contributed by atoms with van der Waals surface area (Å²) < 4.78 is 9.35. The van der Waals surface area contributed by atoms with Crippen LogP contribution in [-0.2, 0) is 14.3 Å². The van der Waals surface area contributed by atoms with Crippen LogP contribution in [0.15, 0.2) is 0 Å². The lowest BCUT2D eigenvalue weighted by molar-refractivity contribution is -0.140. The van der Waals surface area contributed by atoms with Crippen LogP contribution >= 0.6 is 0 Å². The summed E-state index contributed by atoms with van der Waals surface area (Å²) >= 11 is 0. The molecular formula is C11H24O4. The zero-order chi connectivity index (χ0) is 12.1. The predicted octanol–water partition coefficient (Wildman–Crippen LogP) is 1.75. The number of hydrogen-bond acceptors (Lipinski definition) is 4. The van der Waals surface area contributed by atoms with E-state index in [9.17, 15) is 4.79 Å². The van der Waals surface area contributed by atoms with Crippen molar-refractivity contribution in [1.29, 1.82) is 0 Å². The van der Waals surface area contributed by atoms with Gasteiger partial charge in [-0.25, -0.2) is 0 Å². The van der Waals surface area contributed by atoms with Gasteiger partial charge in [-0.15, -0.1) is 0 Å². The Balaban J connectivity index is 0. The van der Waals surface area contributed by atoms with Gasteiger partial charge in [-0.1, -0.05) is 0 Å². The Hall–Kier alpha value is -0.610. The van der Waals surface area contributed by atoms with E-state index in [4.69, 9.17) is 9.84 Å². The average Bonchev–Trinajstić information content (AvgIpc) is 2.58. The van der Waals surface area contributed by atoms with Crippen LogP contribution in [0.1, 0.15) is 40.5 Å². The molecule has 0 aromatic rings. The molecule has 0 aromatic carbocycles. The average molecular weight is 220 g/mol. The summed E-state index contributed by atoms with van der Waals surface area (Å²) in [4.78, 5) is 9.82. The first kappa shape index (κ1) is 16.8. The van der Waals surface area contributed by atoms with Crippen molar-refractivity contribution in [3.63, 3.8) is 0 Å². The van der Waals surface area contributed by atoms with Crippen molar-refractivity contribution < 1.29 is 19.4 Å². The Bertz CT molecular complexity index is 120. The third kappa shape index (κ3) is 31.8. The lowest BCUT2D eigenvalue weighted by atomic mass is 10.4. The van der Waals surface area contributed by atoms with Crippen molar-refractivity contribution in [1.82, 2.24) is 0 Å². The molecule has 0 unspecified atom stereocenters. The van der Waals surface area contributed by atoms with E-state index < -0.39 is 0 Å². The highest BCUT2D eigenvalue weighted by Crippen LogP contribution is 1.98. The van der Waals surface area contributed by atoms with Crippen LogP contribution in [0, 0.1) is 0 Å². The monoisotopic (exact) mass is 220 g/mol. The smallest absolute Gasteiger partial charge is 0.302 e. The second-order valence-corrected chi connectivity index (χ2v) is 3.34. The topological polar surface area (TPSA) is 55.8 Å². The zero-order valence-corrected chi connectivity index (χ0v) is 10.3. The highest BCUT2D eigenvalue weighted by molar-refractivity contribution is 5.65. The molecule has 0 aliphatic carbocycles. The Morgan fingerprint density at radius 1 is 1.40 bits per heavy atom. The maximum atomic E-state index is 9.82. The molecule has 4 nitrogen and oxygen atoms in total. The van der Waals surface area contributed by atoms with Gasteiger partial charge >= 0.3 is 5.97 Å². The molecule has 4 heteroatoms. The Morgan fingerprint density at radius 3 is 1.87 bits per heavy atom. The normalized spacial score (nSPS) is 13.5. The van der Waals surface area contributed by atoms with Gasteiger partial charge in [-0.3, -0.25) is 4.79 Å². The van der Waals surface area contributed by atoms with Gasteiger partial charge < -0.3 is 14.6 Å². The van der Waals surface area contributed by atoms with Gasteiger partial charge in [0.15, 0.2) is 0 Å². The largest absolute Gasteiger partial charge is 0.466 e. The fraction of sp³-hybridized carbons (Fsp3) is 0.909. The van der Waals surface area contributed by atoms with Gasteiger partial charge in [0.2, 0.25) is 0 Å². The number of aliphatic hydroxyl groups excluding tert-OH is 1. The van der Waals surface area contributed by atoms with E-state index in [1.54, 1.807) is 20.8 Å². The third-order valence-corrected chi connectivity index (χ3v) is 1.17. The van der Waals surface area contributed by atoms with Crippen LogP contribution in [-0.4, -0.2) is 37.0 Å². The number of rotatable bonds is 1. The number of ether oxygens (including phenoxy) is 2. The highest BCUT2D eigenvalue weighted by Gasteiger charge is 1.94. The van der Waals surface area contributed by atoms with Gasteiger partial charge in [-0.2, -0.15) is 0 Å². The first-order valence-corrected chi connectivity index (χ1v) is 5.39. The number of carbonyl (C=O) groups excluding carboxylic acids is 1. The Labute approximate surface area is 92.6 Å². The van der Waals surface area contributed by atoms with Gasteiger partial charge in [0.05, 0.1) is 6.61 Å². The van der Waals surface area contributed by atoms with Crippen LogP contribution < -0.4 is 0 Å². The summed E-state index contributed by atoms with van der Waals surface area (Å²) in [5.41, 5.74) is 0. The molecule has 0 aromatic heterocycles. The van der Waals surface area contributed by atoms with Crippen molar-refractivity contribution >= 4 is 5.97 Å². The number of carbonyl (C=O) groups is 1. The molecule has 0 amide bonds. The molecule has 1 aliphatic rings. The van der Waals surface area contributed by atoms with E-state index in [-0.39, 0.29) is 12.1 Å². The molecule has 0 bridgehead atoms. The van der Waals surface area contributed by atoms with Crippen LogP contribution in [0.2, 0.25) is 0 Å². The molecule has 15 heavy (non-hydrogen) atoms. The van der Waals surface area contributed by atoms with Crippen LogP contribution in [0.4, 0.5) is 0 Å².